The van der Waals surface area contributed by atoms with Crippen LogP contribution in [0.25, 0.3) is 11.3 Å². The highest BCUT2D eigenvalue weighted by Gasteiger charge is 2.43. The number of pyridine rings is 1. The molecule has 0 aliphatic carbocycles. The molecule has 0 saturated carbocycles. The number of rotatable bonds is 12. The van der Waals surface area contributed by atoms with E-state index in [1.165, 1.54) is 4.90 Å². The molecule has 7 rings (SSSR count). The summed E-state index contributed by atoms with van der Waals surface area (Å²) < 4.78 is 8.50. The normalized spacial score (nSPS) is 21.2. The zero-order valence-electron chi connectivity index (χ0n) is 36.7. The average Bonchev–Trinajstić information content (AvgIpc) is 3.63. The molecular formula is C49H55Cl2N7O6. The van der Waals surface area contributed by atoms with Crippen LogP contribution in [0.1, 0.15) is 55.1 Å². The van der Waals surface area contributed by atoms with E-state index in [1.54, 1.807) is 60.6 Å². The molecule has 0 spiro atoms. The highest BCUT2D eigenvalue weighted by molar-refractivity contribution is 6.31. The van der Waals surface area contributed by atoms with Gasteiger partial charge in [0.1, 0.15) is 17.3 Å². The zero-order valence-corrected chi connectivity index (χ0v) is 38.2. The number of hydrogen-bond acceptors (Lipinski definition) is 9. The third-order valence-electron chi connectivity index (χ3n) is 12.3. The lowest BCUT2D eigenvalue weighted by Crippen LogP contribution is -2.63. The number of hydrogen-bond donors (Lipinski definition) is 2. The van der Waals surface area contributed by atoms with Crippen molar-refractivity contribution in [2.75, 3.05) is 33.8 Å². The summed E-state index contributed by atoms with van der Waals surface area (Å²) in [6.45, 7) is 2.27. The predicted molar refractivity (Wildman–Crippen MR) is 246 cm³/mol. The average molecular weight is 909 g/mol. The van der Waals surface area contributed by atoms with E-state index in [0.29, 0.717) is 59.5 Å². The molecule has 2 saturated heterocycles. The van der Waals surface area contributed by atoms with Crippen molar-refractivity contribution in [3.05, 3.63) is 130 Å². The van der Waals surface area contributed by atoms with Crippen molar-refractivity contribution < 1.29 is 29.0 Å². The Hall–Kier alpha value is -5.60. The van der Waals surface area contributed by atoms with Gasteiger partial charge >= 0.3 is 0 Å². The van der Waals surface area contributed by atoms with E-state index in [4.69, 9.17) is 27.9 Å². The second-order valence-electron chi connectivity index (χ2n) is 17.4. The number of fused-ring (bicyclic) bond motifs is 2. The van der Waals surface area contributed by atoms with Gasteiger partial charge in [0.15, 0.2) is 5.78 Å². The molecule has 4 atom stereocenters. The molecule has 3 amide bonds. The SMILES string of the molecule is C[C@H]1C(=O)C[C@@H](CO)C(=O)N[C@@]2(Cc3ccc(Cl)cc3)CCCN(C2)C(=O)[C@H](Cc2cccnc2)CC(=O)N1Cc1ccc(Cl)cc1Oc1ccc(-c2cnc(CN(C)C)n2C)cc1. The van der Waals surface area contributed by atoms with Crippen molar-refractivity contribution in [1.29, 1.82) is 0 Å². The Labute approximate surface area is 384 Å². The van der Waals surface area contributed by atoms with E-state index in [2.05, 4.69) is 24.8 Å². The van der Waals surface area contributed by atoms with Crippen molar-refractivity contribution in [3.63, 3.8) is 0 Å². The van der Waals surface area contributed by atoms with Gasteiger partial charge < -0.3 is 34.4 Å². The van der Waals surface area contributed by atoms with Crippen LogP contribution in [-0.4, -0.2) is 103 Å². The number of piperidine rings is 1. The number of halogens is 2. The molecule has 15 heteroatoms. The number of carbonyl (C=O) groups is 4. The Kier molecular flexibility index (Phi) is 14.9. The lowest BCUT2D eigenvalue weighted by Gasteiger charge is -2.45. The fraction of sp³-hybridized carbons (Fsp3) is 0.388. The van der Waals surface area contributed by atoms with Gasteiger partial charge in [-0.05, 0) is 112 Å². The Morgan fingerprint density at radius 1 is 0.922 bits per heavy atom. The number of carbonyl (C=O) groups excluding carboxylic acids is 4. The van der Waals surface area contributed by atoms with E-state index in [-0.39, 0.29) is 38.3 Å². The van der Waals surface area contributed by atoms with Crippen LogP contribution < -0.4 is 10.1 Å². The molecule has 2 N–H and O–H groups in total. The molecule has 2 bridgehead atoms. The summed E-state index contributed by atoms with van der Waals surface area (Å²) in [6, 6.07) is 22.6. The molecule has 13 nitrogen and oxygen atoms in total. The van der Waals surface area contributed by atoms with Crippen LogP contribution in [0.2, 0.25) is 10.0 Å². The Morgan fingerprint density at radius 2 is 1.67 bits per heavy atom. The number of amides is 3. The maximum Gasteiger partial charge on any atom is 0.226 e. The van der Waals surface area contributed by atoms with Gasteiger partial charge in [-0.25, -0.2) is 4.98 Å². The van der Waals surface area contributed by atoms with Crippen LogP contribution in [0.15, 0.2) is 97.5 Å². The molecule has 2 aliphatic rings. The fourth-order valence-electron chi connectivity index (χ4n) is 8.78. The van der Waals surface area contributed by atoms with Crippen molar-refractivity contribution in [1.82, 2.24) is 34.6 Å². The molecule has 64 heavy (non-hydrogen) atoms. The summed E-state index contributed by atoms with van der Waals surface area (Å²) in [5, 5.41) is 14.8. The van der Waals surface area contributed by atoms with Gasteiger partial charge in [0.05, 0.1) is 55.0 Å². The first kappa shape index (κ1) is 46.4. The van der Waals surface area contributed by atoms with Gasteiger partial charge in [-0.15, -0.1) is 0 Å². The standard InChI is InChI=1S/C49H55Cl2N7O6/c1-32-43(60)22-38(30-59)47(62)54-49(25-33-8-13-39(50)14-9-33)18-6-20-57(31-49)48(63)37(21-34-7-5-19-52-26-34)23-46(61)58(32)28-36-10-15-40(51)24-44(36)64-41-16-11-35(12-17-41)42-27-53-45(56(42)4)29-55(2)3/h5,7-17,19,24,26-27,32,37-38,59H,6,18,20-23,25,28-31H2,1-4H3,(H,54,62)/t32-,37+,38-,49+/m0/s1. The summed E-state index contributed by atoms with van der Waals surface area (Å²) >= 11 is 12.8. The van der Waals surface area contributed by atoms with E-state index in [0.717, 1.165) is 28.2 Å². The van der Waals surface area contributed by atoms with Crippen molar-refractivity contribution in [2.24, 2.45) is 18.9 Å². The molecule has 2 aliphatic heterocycles. The predicted octanol–water partition coefficient (Wildman–Crippen LogP) is 6.91. The van der Waals surface area contributed by atoms with Gasteiger partial charge in [-0.1, -0.05) is 47.5 Å². The van der Waals surface area contributed by atoms with Gasteiger partial charge in [0.2, 0.25) is 17.7 Å². The zero-order chi connectivity index (χ0) is 45.5. The summed E-state index contributed by atoms with van der Waals surface area (Å²) in [6.07, 6.45) is 6.44. The van der Waals surface area contributed by atoms with Crippen molar-refractivity contribution >= 4 is 46.7 Å². The highest BCUT2D eigenvalue weighted by atomic mass is 35.5. The Morgan fingerprint density at radius 3 is 2.38 bits per heavy atom. The number of ether oxygens (including phenoxy) is 1. The summed E-state index contributed by atoms with van der Waals surface area (Å²) in [5.74, 6) is -1.65. The van der Waals surface area contributed by atoms with Crippen LogP contribution in [-0.2, 0) is 52.2 Å². The maximum atomic E-state index is 14.9. The molecule has 5 aromatic rings. The molecule has 3 aromatic carbocycles. The number of Topliss-reactive ketones (excluding diaryl/α,β-unsaturated/α-hetero) is 1. The van der Waals surface area contributed by atoms with Crippen LogP contribution in [0.4, 0.5) is 0 Å². The quantitative estimate of drug-likeness (QED) is 0.136. The first-order valence-corrected chi connectivity index (χ1v) is 22.4. The Balaban J connectivity index is 1.20. The van der Waals surface area contributed by atoms with Crippen molar-refractivity contribution in [2.45, 2.75) is 70.1 Å². The summed E-state index contributed by atoms with van der Waals surface area (Å²) in [4.78, 5) is 72.3. The number of aromatic nitrogens is 3. The lowest BCUT2D eigenvalue weighted by molar-refractivity contribution is -0.147. The summed E-state index contributed by atoms with van der Waals surface area (Å²) in [5.41, 5.74) is 3.25. The topological polar surface area (TPSA) is 150 Å². The smallest absolute Gasteiger partial charge is 0.226 e. The van der Waals surface area contributed by atoms with Gasteiger partial charge in [0.25, 0.3) is 0 Å². The van der Waals surface area contributed by atoms with Crippen LogP contribution in [0.5, 0.6) is 11.5 Å². The number of nitrogens with zero attached hydrogens (tertiary/aromatic N) is 6. The third-order valence-corrected chi connectivity index (χ3v) is 12.8. The second kappa shape index (κ2) is 20.5. The third kappa shape index (κ3) is 11.2. The van der Waals surface area contributed by atoms with E-state index < -0.39 is 47.6 Å². The van der Waals surface area contributed by atoms with E-state index in [1.807, 2.05) is 69.8 Å². The number of aliphatic hydroxyl groups excluding tert-OH is 1. The van der Waals surface area contributed by atoms with Gasteiger partial charge in [-0.3, -0.25) is 24.2 Å². The molecule has 4 heterocycles. The second-order valence-corrected chi connectivity index (χ2v) is 18.3. The molecule has 0 radical (unpaired) electrons. The van der Waals surface area contributed by atoms with Crippen LogP contribution in [0.3, 0.4) is 0 Å². The minimum absolute atomic E-state index is 0.0717. The maximum absolute atomic E-state index is 14.9. The largest absolute Gasteiger partial charge is 0.457 e. The Bertz CT molecular complexity index is 2450. The summed E-state index contributed by atoms with van der Waals surface area (Å²) in [7, 11) is 5.97. The number of aliphatic hydroxyl groups is 1. The monoisotopic (exact) mass is 907 g/mol. The number of ketones is 1. The first-order valence-electron chi connectivity index (χ1n) is 21.6. The van der Waals surface area contributed by atoms with Crippen molar-refractivity contribution in [3.8, 4) is 22.8 Å². The number of imidazole rings is 1. The molecule has 336 valence electrons. The van der Waals surface area contributed by atoms with Gasteiger partial charge in [0, 0.05) is 66.5 Å². The minimum atomic E-state index is -1.09. The van der Waals surface area contributed by atoms with Gasteiger partial charge in [-0.2, -0.15) is 0 Å². The molecular weight excluding hydrogens is 853 g/mol. The highest BCUT2D eigenvalue weighted by Crippen LogP contribution is 2.34. The first-order chi connectivity index (χ1) is 30.7. The number of benzene rings is 3. The molecule has 2 fully saturated rings. The molecule has 2 aromatic heterocycles. The molecule has 0 unspecified atom stereocenters. The van der Waals surface area contributed by atoms with Crippen LogP contribution in [0, 0.1) is 11.8 Å². The van der Waals surface area contributed by atoms with Crippen LogP contribution >= 0.6 is 23.2 Å². The lowest BCUT2D eigenvalue weighted by atomic mass is 9.81. The number of nitrogens with one attached hydrogen (secondary N) is 1. The van der Waals surface area contributed by atoms with E-state index >= 15 is 0 Å². The fourth-order valence-corrected chi connectivity index (χ4v) is 9.06. The minimum Gasteiger partial charge on any atom is -0.457 e. The van der Waals surface area contributed by atoms with E-state index in [9.17, 15) is 24.3 Å².